The highest BCUT2D eigenvalue weighted by atomic mass is 32.2. The molecule has 2 aromatic rings. The first-order valence-electron chi connectivity index (χ1n) is 6.27. The Hall–Kier alpha value is -2.46. The van der Waals surface area contributed by atoms with E-state index in [-0.39, 0.29) is 28.8 Å². The summed E-state index contributed by atoms with van der Waals surface area (Å²) in [6.45, 7) is 0. The molecule has 0 aliphatic carbocycles. The van der Waals surface area contributed by atoms with Crippen LogP contribution in [0.25, 0.3) is 0 Å². The van der Waals surface area contributed by atoms with Gasteiger partial charge in [-0.3, -0.25) is 4.79 Å². The lowest BCUT2D eigenvalue weighted by atomic mass is 10.1. The molecule has 0 radical (unpaired) electrons. The Labute approximate surface area is 130 Å². The van der Waals surface area contributed by atoms with Crippen molar-refractivity contribution in [2.45, 2.75) is 17.2 Å². The molecular formula is C15H11F2N3OS. The third-order valence-electron chi connectivity index (χ3n) is 2.71. The van der Waals surface area contributed by atoms with Crippen molar-refractivity contribution in [1.82, 2.24) is 4.98 Å². The van der Waals surface area contributed by atoms with E-state index in [2.05, 4.69) is 10.3 Å². The highest BCUT2D eigenvalue weighted by Crippen LogP contribution is 2.26. The largest absolute Gasteiger partial charge is 0.322 e. The highest BCUT2D eigenvalue weighted by Gasteiger charge is 2.16. The Balaban J connectivity index is 2.14. The molecule has 4 nitrogen and oxygen atoms in total. The summed E-state index contributed by atoms with van der Waals surface area (Å²) in [4.78, 5) is 16.0. The van der Waals surface area contributed by atoms with Gasteiger partial charge in [-0.05, 0) is 41.6 Å². The SMILES string of the molecule is N#CCc1ccc(NC(=O)c2cccnc2SC(F)F)cc1. The van der Waals surface area contributed by atoms with E-state index >= 15 is 0 Å². The van der Waals surface area contributed by atoms with E-state index in [0.29, 0.717) is 5.69 Å². The van der Waals surface area contributed by atoms with E-state index in [0.717, 1.165) is 5.56 Å². The number of alkyl halides is 2. The molecule has 2 rings (SSSR count). The number of hydrogen-bond acceptors (Lipinski definition) is 4. The van der Waals surface area contributed by atoms with Gasteiger partial charge in [0.2, 0.25) is 0 Å². The Morgan fingerprint density at radius 1 is 1.32 bits per heavy atom. The van der Waals surface area contributed by atoms with Gasteiger partial charge in [-0.15, -0.1) is 0 Å². The summed E-state index contributed by atoms with van der Waals surface area (Å²) in [5.74, 6) is -3.16. The molecule has 22 heavy (non-hydrogen) atoms. The maximum atomic E-state index is 12.5. The van der Waals surface area contributed by atoms with Crippen LogP contribution in [0.4, 0.5) is 14.5 Å². The molecule has 1 heterocycles. The first-order valence-corrected chi connectivity index (χ1v) is 7.15. The quantitative estimate of drug-likeness (QED) is 0.853. The van der Waals surface area contributed by atoms with Gasteiger partial charge in [-0.25, -0.2) is 4.98 Å². The second-order valence-electron chi connectivity index (χ2n) is 4.22. The minimum atomic E-state index is -2.65. The van der Waals surface area contributed by atoms with Crippen LogP contribution < -0.4 is 5.32 Å². The zero-order valence-electron chi connectivity index (χ0n) is 11.3. The average Bonchev–Trinajstić information content (AvgIpc) is 2.49. The summed E-state index contributed by atoms with van der Waals surface area (Å²) in [5, 5.41) is 11.2. The maximum absolute atomic E-state index is 12.5. The predicted molar refractivity (Wildman–Crippen MR) is 79.8 cm³/mol. The summed E-state index contributed by atoms with van der Waals surface area (Å²) in [6.07, 6.45) is 1.64. The number of pyridine rings is 1. The number of carbonyl (C=O) groups is 1. The summed E-state index contributed by atoms with van der Waals surface area (Å²) < 4.78 is 24.9. The van der Waals surface area contributed by atoms with Crippen LogP contribution in [0.15, 0.2) is 47.6 Å². The first kappa shape index (κ1) is 15.9. The Morgan fingerprint density at radius 3 is 2.68 bits per heavy atom. The molecule has 0 bridgehead atoms. The van der Waals surface area contributed by atoms with Gasteiger partial charge in [0.15, 0.2) is 0 Å². The molecule has 0 atom stereocenters. The minimum absolute atomic E-state index is 0.0175. The molecule has 1 aromatic carbocycles. The lowest BCUT2D eigenvalue weighted by molar-refractivity contribution is 0.102. The van der Waals surface area contributed by atoms with Gasteiger partial charge in [-0.1, -0.05) is 12.1 Å². The van der Waals surface area contributed by atoms with Crippen molar-refractivity contribution in [3.63, 3.8) is 0 Å². The van der Waals surface area contributed by atoms with Crippen LogP contribution in [0.2, 0.25) is 0 Å². The predicted octanol–water partition coefficient (Wildman–Crippen LogP) is 3.71. The molecule has 0 saturated carbocycles. The zero-order chi connectivity index (χ0) is 15.9. The molecule has 0 saturated heterocycles. The van der Waals surface area contributed by atoms with Crippen LogP contribution >= 0.6 is 11.8 Å². The normalized spacial score (nSPS) is 10.3. The minimum Gasteiger partial charge on any atom is -0.322 e. The smallest absolute Gasteiger partial charge is 0.290 e. The van der Waals surface area contributed by atoms with E-state index in [1.165, 1.54) is 18.3 Å². The molecule has 0 aliphatic heterocycles. The third-order valence-corrected chi connectivity index (χ3v) is 3.44. The summed E-state index contributed by atoms with van der Waals surface area (Å²) in [6, 6.07) is 11.7. The van der Waals surface area contributed by atoms with Gasteiger partial charge in [0, 0.05) is 11.9 Å². The standard InChI is InChI=1S/C15H11F2N3OS/c16-15(17)22-14-12(2-1-9-19-14)13(21)20-11-5-3-10(4-6-11)7-8-18/h1-6,9,15H,7H2,(H,20,21). The van der Waals surface area contributed by atoms with Crippen LogP contribution in [0.1, 0.15) is 15.9 Å². The second kappa shape index (κ2) is 7.52. The molecule has 0 aliphatic rings. The molecule has 1 amide bonds. The monoisotopic (exact) mass is 319 g/mol. The van der Waals surface area contributed by atoms with E-state index in [4.69, 9.17) is 5.26 Å². The number of anilines is 1. The van der Waals surface area contributed by atoms with Crippen molar-refractivity contribution < 1.29 is 13.6 Å². The van der Waals surface area contributed by atoms with Crippen molar-refractivity contribution in [2.75, 3.05) is 5.32 Å². The van der Waals surface area contributed by atoms with Crippen LogP contribution in [0.3, 0.4) is 0 Å². The molecule has 112 valence electrons. The van der Waals surface area contributed by atoms with Crippen molar-refractivity contribution in [2.24, 2.45) is 0 Å². The number of thioether (sulfide) groups is 1. The second-order valence-corrected chi connectivity index (χ2v) is 5.20. The molecular weight excluding hydrogens is 308 g/mol. The fraction of sp³-hybridized carbons (Fsp3) is 0.133. The lowest BCUT2D eigenvalue weighted by Crippen LogP contribution is -2.13. The van der Waals surface area contributed by atoms with E-state index in [9.17, 15) is 13.6 Å². The van der Waals surface area contributed by atoms with Gasteiger partial charge in [-0.2, -0.15) is 14.0 Å². The third kappa shape index (κ3) is 4.27. The topological polar surface area (TPSA) is 65.8 Å². The zero-order valence-corrected chi connectivity index (χ0v) is 12.1. The number of rotatable bonds is 5. The summed E-state index contributed by atoms with van der Waals surface area (Å²) in [7, 11) is 0. The van der Waals surface area contributed by atoms with Crippen LogP contribution in [0, 0.1) is 11.3 Å². The Bertz CT molecular complexity index is 699. The fourth-order valence-corrected chi connectivity index (χ4v) is 2.32. The number of carbonyl (C=O) groups excluding carboxylic acids is 1. The molecule has 7 heteroatoms. The molecule has 0 unspecified atom stereocenters. The van der Waals surface area contributed by atoms with E-state index < -0.39 is 11.7 Å². The first-order chi connectivity index (χ1) is 10.6. The molecule has 0 spiro atoms. The maximum Gasteiger partial charge on any atom is 0.290 e. The van der Waals surface area contributed by atoms with Crippen LogP contribution in [-0.4, -0.2) is 16.6 Å². The fourth-order valence-electron chi connectivity index (χ4n) is 1.74. The van der Waals surface area contributed by atoms with Crippen LogP contribution in [-0.2, 0) is 6.42 Å². The molecule has 0 fully saturated rings. The number of aromatic nitrogens is 1. The number of benzene rings is 1. The van der Waals surface area contributed by atoms with Crippen LogP contribution in [0.5, 0.6) is 0 Å². The molecule has 1 N–H and O–H groups in total. The van der Waals surface area contributed by atoms with Gasteiger partial charge in [0.1, 0.15) is 5.03 Å². The van der Waals surface area contributed by atoms with Crippen molar-refractivity contribution in [3.8, 4) is 6.07 Å². The van der Waals surface area contributed by atoms with Crippen molar-refractivity contribution in [3.05, 3.63) is 53.7 Å². The highest BCUT2D eigenvalue weighted by molar-refractivity contribution is 7.99. The van der Waals surface area contributed by atoms with Gasteiger partial charge >= 0.3 is 0 Å². The lowest BCUT2D eigenvalue weighted by Gasteiger charge is -2.09. The van der Waals surface area contributed by atoms with E-state index in [1.54, 1.807) is 24.3 Å². The number of nitrogens with one attached hydrogen (secondary N) is 1. The van der Waals surface area contributed by atoms with Crippen molar-refractivity contribution >= 4 is 23.4 Å². The van der Waals surface area contributed by atoms with Crippen molar-refractivity contribution in [1.29, 1.82) is 5.26 Å². The summed E-state index contributed by atoms with van der Waals surface area (Å²) >= 11 is 0.232. The number of amides is 1. The van der Waals surface area contributed by atoms with Gasteiger partial charge in [0.25, 0.3) is 11.7 Å². The Kier molecular flexibility index (Phi) is 5.44. The van der Waals surface area contributed by atoms with Gasteiger partial charge < -0.3 is 5.32 Å². The number of halogens is 2. The molecule has 1 aromatic heterocycles. The number of nitriles is 1. The van der Waals surface area contributed by atoms with Gasteiger partial charge in [0.05, 0.1) is 18.1 Å². The average molecular weight is 319 g/mol. The number of hydrogen-bond donors (Lipinski definition) is 1. The summed E-state index contributed by atoms with van der Waals surface area (Å²) in [5.41, 5.74) is 1.44. The number of nitrogens with zero attached hydrogens (tertiary/aromatic N) is 2. The van der Waals surface area contributed by atoms with E-state index in [1.807, 2.05) is 6.07 Å². The Morgan fingerprint density at radius 2 is 2.05 bits per heavy atom.